The van der Waals surface area contributed by atoms with Crippen LogP contribution in [-0.2, 0) is 4.79 Å². The molecule has 1 aromatic heterocycles. The molecule has 3 rings (SSSR count). The minimum absolute atomic E-state index is 0.00630. The van der Waals surface area contributed by atoms with Crippen LogP contribution in [-0.4, -0.2) is 15.9 Å². The van der Waals surface area contributed by atoms with E-state index in [4.69, 9.17) is 11.6 Å². The van der Waals surface area contributed by atoms with Crippen LogP contribution in [0.5, 0.6) is 0 Å². The molecule has 4 nitrogen and oxygen atoms in total. The highest BCUT2D eigenvalue weighted by Gasteiger charge is 2.68. The first kappa shape index (κ1) is 13.4. The van der Waals surface area contributed by atoms with Gasteiger partial charge < -0.3 is 4.98 Å². The number of H-pyrrole nitrogens is 1. The normalized spacial score (nSPS) is 20.1. The summed E-state index contributed by atoms with van der Waals surface area (Å²) in [4.78, 5) is 19.8. The maximum atomic E-state index is 12.4. The van der Waals surface area contributed by atoms with Crippen molar-refractivity contribution in [2.24, 2.45) is 16.7 Å². The van der Waals surface area contributed by atoms with Gasteiger partial charge in [-0.1, -0.05) is 39.3 Å². The van der Waals surface area contributed by atoms with Gasteiger partial charge in [-0.3, -0.25) is 10.1 Å². The van der Waals surface area contributed by atoms with E-state index in [0.29, 0.717) is 11.0 Å². The number of anilines is 1. The highest BCUT2D eigenvalue weighted by molar-refractivity contribution is 6.31. The zero-order valence-electron chi connectivity index (χ0n) is 12.0. The monoisotopic (exact) mass is 291 g/mol. The van der Waals surface area contributed by atoms with E-state index >= 15 is 0 Å². The number of carbonyl (C=O) groups is 1. The number of carbonyl (C=O) groups excluding carboxylic acids is 1. The molecule has 1 heterocycles. The number of fused-ring (bicyclic) bond motifs is 1. The van der Waals surface area contributed by atoms with E-state index in [2.05, 4.69) is 43.0 Å². The smallest absolute Gasteiger partial charge is 0.230 e. The summed E-state index contributed by atoms with van der Waals surface area (Å²) in [6.07, 6.45) is 0. The van der Waals surface area contributed by atoms with Gasteiger partial charge in [0.15, 0.2) is 0 Å². The molecule has 0 atom stereocenters. The lowest BCUT2D eigenvalue weighted by atomic mass is 10.0. The van der Waals surface area contributed by atoms with E-state index in [0.717, 1.165) is 11.0 Å². The van der Waals surface area contributed by atoms with Crippen LogP contribution in [0, 0.1) is 16.7 Å². The van der Waals surface area contributed by atoms with E-state index in [1.807, 2.05) is 6.07 Å². The van der Waals surface area contributed by atoms with Gasteiger partial charge in [0.2, 0.25) is 11.9 Å². The topological polar surface area (TPSA) is 57.8 Å². The number of imidazole rings is 1. The van der Waals surface area contributed by atoms with Crippen molar-refractivity contribution < 1.29 is 4.79 Å². The van der Waals surface area contributed by atoms with Gasteiger partial charge in [0.25, 0.3) is 0 Å². The largest absolute Gasteiger partial charge is 0.324 e. The molecule has 5 heteroatoms. The number of nitrogens with zero attached hydrogens (tertiary/aromatic N) is 1. The van der Waals surface area contributed by atoms with E-state index in [1.54, 1.807) is 12.1 Å². The standard InChI is InChI=1S/C15H18ClN3O/c1-14(2)11(15(14,3)4)12(20)19-13-17-9-6-5-8(16)7-10(9)18-13/h5-7,11H,1-4H3,(H2,17,18,19,20). The maximum absolute atomic E-state index is 12.4. The highest BCUT2D eigenvalue weighted by Crippen LogP contribution is 2.68. The van der Waals surface area contributed by atoms with E-state index in [1.165, 1.54) is 0 Å². The Hall–Kier alpha value is -1.55. The first-order valence-electron chi connectivity index (χ1n) is 6.69. The van der Waals surface area contributed by atoms with Crippen LogP contribution in [0.4, 0.5) is 5.95 Å². The molecular weight excluding hydrogens is 274 g/mol. The molecule has 1 aliphatic carbocycles. The number of hydrogen-bond donors (Lipinski definition) is 2. The number of nitrogens with one attached hydrogen (secondary N) is 2. The van der Waals surface area contributed by atoms with Crippen molar-refractivity contribution >= 4 is 34.5 Å². The van der Waals surface area contributed by atoms with Gasteiger partial charge in [-0.15, -0.1) is 0 Å². The molecule has 1 saturated carbocycles. The molecule has 20 heavy (non-hydrogen) atoms. The van der Waals surface area contributed by atoms with Gasteiger partial charge >= 0.3 is 0 Å². The summed E-state index contributed by atoms with van der Waals surface area (Å²) >= 11 is 5.93. The second-order valence-corrected chi connectivity index (χ2v) is 7.05. The molecule has 2 N–H and O–H groups in total. The summed E-state index contributed by atoms with van der Waals surface area (Å²) in [6, 6.07) is 5.41. The van der Waals surface area contributed by atoms with Gasteiger partial charge in [0, 0.05) is 10.9 Å². The Balaban J connectivity index is 1.82. The molecule has 0 spiro atoms. The Bertz CT molecular complexity index is 688. The number of benzene rings is 1. The van der Waals surface area contributed by atoms with Crippen molar-refractivity contribution in [3.8, 4) is 0 Å². The van der Waals surface area contributed by atoms with Crippen LogP contribution in [0.15, 0.2) is 18.2 Å². The summed E-state index contributed by atoms with van der Waals surface area (Å²) in [7, 11) is 0. The Morgan fingerprint density at radius 2 is 1.95 bits per heavy atom. The minimum atomic E-state index is 0.00630. The molecule has 1 fully saturated rings. The van der Waals surface area contributed by atoms with Crippen LogP contribution in [0.25, 0.3) is 11.0 Å². The first-order chi connectivity index (χ1) is 9.23. The second kappa shape index (κ2) is 3.98. The van der Waals surface area contributed by atoms with Crippen molar-refractivity contribution in [3.63, 3.8) is 0 Å². The maximum Gasteiger partial charge on any atom is 0.230 e. The SMILES string of the molecule is CC1(C)C(C(=O)Nc2nc3ccc(Cl)cc3[nH]2)C1(C)C. The molecule has 1 aromatic carbocycles. The van der Waals surface area contributed by atoms with Crippen molar-refractivity contribution in [2.75, 3.05) is 5.32 Å². The third-order valence-electron chi connectivity index (χ3n) is 4.97. The lowest BCUT2D eigenvalue weighted by Crippen LogP contribution is -2.18. The molecule has 106 valence electrons. The Labute approximate surface area is 122 Å². The van der Waals surface area contributed by atoms with E-state index < -0.39 is 0 Å². The number of rotatable bonds is 2. The minimum Gasteiger partial charge on any atom is -0.324 e. The summed E-state index contributed by atoms with van der Waals surface area (Å²) in [5.41, 5.74) is 1.65. The predicted molar refractivity (Wildman–Crippen MR) is 80.8 cm³/mol. The summed E-state index contributed by atoms with van der Waals surface area (Å²) in [5.74, 6) is 0.503. The molecule has 2 aromatic rings. The lowest BCUT2D eigenvalue weighted by molar-refractivity contribution is -0.118. The van der Waals surface area contributed by atoms with Crippen molar-refractivity contribution in [1.29, 1.82) is 0 Å². The summed E-state index contributed by atoms with van der Waals surface area (Å²) in [5, 5.41) is 3.52. The Morgan fingerprint density at radius 3 is 2.55 bits per heavy atom. The molecule has 0 unspecified atom stereocenters. The third kappa shape index (κ3) is 1.82. The van der Waals surface area contributed by atoms with Crippen molar-refractivity contribution in [2.45, 2.75) is 27.7 Å². The molecular formula is C15H18ClN3O. The van der Waals surface area contributed by atoms with Crippen LogP contribution >= 0.6 is 11.6 Å². The summed E-state index contributed by atoms with van der Waals surface area (Å²) < 4.78 is 0. The third-order valence-corrected chi connectivity index (χ3v) is 5.20. The van der Waals surface area contributed by atoms with Gasteiger partial charge in [0.05, 0.1) is 11.0 Å². The quantitative estimate of drug-likeness (QED) is 0.883. The fourth-order valence-corrected chi connectivity index (χ4v) is 3.25. The Morgan fingerprint density at radius 1 is 1.30 bits per heavy atom. The van der Waals surface area contributed by atoms with E-state index in [-0.39, 0.29) is 22.7 Å². The van der Waals surface area contributed by atoms with Crippen molar-refractivity contribution in [3.05, 3.63) is 23.2 Å². The zero-order chi connectivity index (χ0) is 14.7. The van der Waals surface area contributed by atoms with Gasteiger partial charge in [-0.25, -0.2) is 4.98 Å². The fraction of sp³-hybridized carbons (Fsp3) is 0.467. The molecule has 0 saturated heterocycles. The van der Waals surface area contributed by atoms with Crippen LogP contribution < -0.4 is 5.32 Å². The van der Waals surface area contributed by atoms with Crippen molar-refractivity contribution in [1.82, 2.24) is 9.97 Å². The van der Waals surface area contributed by atoms with Gasteiger partial charge in [0.1, 0.15) is 0 Å². The number of amides is 1. The zero-order valence-corrected chi connectivity index (χ0v) is 12.8. The fourth-order valence-electron chi connectivity index (χ4n) is 3.08. The average molecular weight is 292 g/mol. The van der Waals surface area contributed by atoms with Gasteiger partial charge in [-0.2, -0.15) is 0 Å². The average Bonchev–Trinajstić information content (AvgIpc) is 2.62. The number of halogens is 1. The predicted octanol–water partition coefficient (Wildman–Crippen LogP) is 3.84. The molecule has 1 amide bonds. The molecule has 0 bridgehead atoms. The number of aromatic nitrogens is 2. The van der Waals surface area contributed by atoms with Crippen LogP contribution in [0.1, 0.15) is 27.7 Å². The lowest BCUT2D eigenvalue weighted by Gasteiger charge is -2.03. The first-order valence-corrected chi connectivity index (χ1v) is 7.07. The summed E-state index contributed by atoms with van der Waals surface area (Å²) in [6.45, 7) is 8.48. The number of aromatic amines is 1. The Kier molecular flexibility index (Phi) is 2.67. The highest BCUT2D eigenvalue weighted by atomic mass is 35.5. The molecule has 0 aliphatic heterocycles. The number of hydrogen-bond acceptors (Lipinski definition) is 2. The molecule has 1 aliphatic rings. The van der Waals surface area contributed by atoms with Crippen LogP contribution in [0.3, 0.4) is 0 Å². The van der Waals surface area contributed by atoms with Gasteiger partial charge in [-0.05, 0) is 29.0 Å². The van der Waals surface area contributed by atoms with E-state index in [9.17, 15) is 4.79 Å². The molecule has 0 radical (unpaired) electrons. The van der Waals surface area contributed by atoms with Crippen LogP contribution in [0.2, 0.25) is 5.02 Å². The second-order valence-electron chi connectivity index (χ2n) is 6.61.